The normalized spacial score (nSPS) is 13.0. The molecule has 0 saturated carbocycles. The van der Waals surface area contributed by atoms with Crippen LogP contribution in [0.4, 0.5) is 0 Å². The monoisotopic (exact) mass is 385 g/mol. The first kappa shape index (κ1) is 19.5. The maximum Gasteiger partial charge on any atom is 0.311 e. The van der Waals surface area contributed by atoms with E-state index >= 15 is 0 Å². The largest absolute Gasteiger partial charge is 0.496 e. The van der Waals surface area contributed by atoms with Crippen molar-refractivity contribution < 1.29 is 28.5 Å². The van der Waals surface area contributed by atoms with E-state index in [0.717, 1.165) is 16.7 Å². The number of rotatable bonds is 7. The molecule has 7 nitrogen and oxygen atoms in total. The average molecular weight is 385 g/mol. The highest BCUT2D eigenvalue weighted by Gasteiger charge is 2.19. The molecule has 1 aliphatic rings. The number of hydrogen-bond donors (Lipinski definition) is 1. The van der Waals surface area contributed by atoms with Gasteiger partial charge < -0.3 is 24.3 Å². The lowest BCUT2D eigenvalue weighted by atomic mass is 10.1. The van der Waals surface area contributed by atoms with Crippen LogP contribution >= 0.6 is 0 Å². The van der Waals surface area contributed by atoms with Crippen molar-refractivity contribution in [1.82, 2.24) is 5.32 Å². The van der Waals surface area contributed by atoms with Crippen molar-refractivity contribution in [2.75, 3.05) is 13.9 Å². The van der Waals surface area contributed by atoms with Gasteiger partial charge in [-0.05, 0) is 37.6 Å². The molecular weight excluding hydrogens is 362 g/mol. The van der Waals surface area contributed by atoms with Crippen LogP contribution in [-0.2, 0) is 27.3 Å². The van der Waals surface area contributed by atoms with E-state index in [1.165, 1.54) is 0 Å². The van der Waals surface area contributed by atoms with Gasteiger partial charge in [0, 0.05) is 12.1 Å². The van der Waals surface area contributed by atoms with Crippen molar-refractivity contribution in [3.8, 4) is 17.2 Å². The summed E-state index contributed by atoms with van der Waals surface area (Å²) in [6.07, 6.45) is -0.873. The second kappa shape index (κ2) is 8.65. The predicted octanol–water partition coefficient (Wildman–Crippen LogP) is 2.52. The molecule has 0 spiro atoms. The fraction of sp³-hybridized carbons (Fsp3) is 0.333. The Hall–Kier alpha value is -3.22. The molecule has 0 aliphatic carbocycles. The Morgan fingerprint density at radius 1 is 1.14 bits per heavy atom. The molecule has 0 fully saturated rings. The number of esters is 1. The number of amides is 1. The van der Waals surface area contributed by atoms with Crippen LogP contribution in [0.2, 0.25) is 0 Å². The lowest BCUT2D eigenvalue weighted by Gasteiger charge is -2.15. The Balaban J connectivity index is 1.51. The third kappa shape index (κ3) is 4.73. The molecular formula is C21H23NO6. The van der Waals surface area contributed by atoms with Crippen molar-refractivity contribution in [3.63, 3.8) is 0 Å². The minimum atomic E-state index is -0.905. The van der Waals surface area contributed by atoms with E-state index in [4.69, 9.17) is 18.9 Å². The SMILES string of the molecule is COc1ccc(C)cc1CC(=O)O[C@H](C)C(=O)NCc1ccc2c(c1)OCO2. The summed E-state index contributed by atoms with van der Waals surface area (Å²) < 4.78 is 21.1. The van der Waals surface area contributed by atoms with E-state index in [2.05, 4.69) is 5.32 Å². The smallest absolute Gasteiger partial charge is 0.311 e. The summed E-state index contributed by atoms with van der Waals surface area (Å²) in [5.41, 5.74) is 2.60. The number of ether oxygens (including phenoxy) is 4. The Morgan fingerprint density at radius 2 is 1.93 bits per heavy atom. The van der Waals surface area contributed by atoms with Gasteiger partial charge in [0.05, 0.1) is 13.5 Å². The minimum absolute atomic E-state index is 0.0324. The van der Waals surface area contributed by atoms with Gasteiger partial charge in [0.1, 0.15) is 5.75 Å². The topological polar surface area (TPSA) is 83.1 Å². The number of carbonyl (C=O) groups excluding carboxylic acids is 2. The fourth-order valence-corrected chi connectivity index (χ4v) is 2.88. The number of carbonyl (C=O) groups is 2. The van der Waals surface area contributed by atoms with E-state index < -0.39 is 12.1 Å². The van der Waals surface area contributed by atoms with Gasteiger partial charge in [-0.15, -0.1) is 0 Å². The van der Waals surface area contributed by atoms with Crippen LogP contribution in [0.5, 0.6) is 17.2 Å². The Morgan fingerprint density at radius 3 is 2.71 bits per heavy atom. The standard InChI is InChI=1S/C21H23NO6/c1-13-4-6-17(25-3)16(8-13)10-20(23)28-14(2)21(24)22-11-15-5-7-18-19(9-15)27-12-26-18/h4-9,14H,10-12H2,1-3H3,(H,22,24)/t14-/m1/s1. The van der Waals surface area contributed by atoms with Gasteiger partial charge in [-0.1, -0.05) is 23.8 Å². The molecule has 2 aromatic carbocycles. The first-order chi connectivity index (χ1) is 13.5. The zero-order chi connectivity index (χ0) is 20.1. The van der Waals surface area contributed by atoms with Gasteiger partial charge in [0.25, 0.3) is 5.91 Å². The van der Waals surface area contributed by atoms with Crippen molar-refractivity contribution >= 4 is 11.9 Å². The number of hydrogen-bond acceptors (Lipinski definition) is 6. The lowest BCUT2D eigenvalue weighted by Crippen LogP contribution is -2.35. The summed E-state index contributed by atoms with van der Waals surface area (Å²) in [7, 11) is 1.55. The number of aryl methyl sites for hydroxylation is 1. The van der Waals surface area contributed by atoms with Gasteiger partial charge >= 0.3 is 5.97 Å². The summed E-state index contributed by atoms with van der Waals surface area (Å²) >= 11 is 0. The predicted molar refractivity (Wildman–Crippen MR) is 101 cm³/mol. The highest BCUT2D eigenvalue weighted by Crippen LogP contribution is 2.32. The molecule has 1 atom stereocenters. The first-order valence-electron chi connectivity index (χ1n) is 8.95. The summed E-state index contributed by atoms with van der Waals surface area (Å²) in [5, 5.41) is 2.75. The molecule has 3 rings (SSSR count). The second-order valence-electron chi connectivity index (χ2n) is 6.53. The first-order valence-corrected chi connectivity index (χ1v) is 8.95. The summed E-state index contributed by atoms with van der Waals surface area (Å²) in [6.45, 7) is 3.97. The zero-order valence-electron chi connectivity index (χ0n) is 16.1. The van der Waals surface area contributed by atoms with Crippen LogP contribution in [0.1, 0.15) is 23.6 Å². The Labute approximate surface area is 163 Å². The van der Waals surface area contributed by atoms with Gasteiger partial charge in [-0.25, -0.2) is 0 Å². The van der Waals surface area contributed by atoms with Crippen molar-refractivity contribution in [2.45, 2.75) is 32.9 Å². The van der Waals surface area contributed by atoms with Gasteiger partial charge in [-0.2, -0.15) is 0 Å². The van der Waals surface area contributed by atoms with Crippen LogP contribution in [0.15, 0.2) is 36.4 Å². The fourth-order valence-electron chi connectivity index (χ4n) is 2.88. The number of methoxy groups -OCH3 is 1. The average Bonchev–Trinajstić information content (AvgIpc) is 3.14. The second-order valence-corrected chi connectivity index (χ2v) is 6.53. The molecule has 0 unspecified atom stereocenters. The van der Waals surface area contributed by atoms with Crippen LogP contribution in [0, 0.1) is 6.92 Å². The highest BCUT2D eigenvalue weighted by molar-refractivity contribution is 5.84. The van der Waals surface area contributed by atoms with E-state index in [1.807, 2.05) is 31.2 Å². The van der Waals surface area contributed by atoms with E-state index in [9.17, 15) is 9.59 Å². The molecule has 7 heteroatoms. The quantitative estimate of drug-likeness (QED) is 0.738. The molecule has 1 aliphatic heterocycles. The van der Waals surface area contributed by atoms with Crippen molar-refractivity contribution in [3.05, 3.63) is 53.1 Å². The van der Waals surface area contributed by atoms with Crippen LogP contribution < -0.4 is 19.5 Å². The lowest BCUT2D eigenvalue weighted by molar-refractivity contribution is -0.154. The molecule has 1 heterocycles. The van der Waals surface area contributed by atoms with Crippen molar-refractivity contribution in [2.24, 2.45) is 0 Å². The summed E-state index contributed by atoms with van der Waals surface area (Å²) in [6, 6.07) is 11.0. The highest BCUT2D eigenvalue weighted by atomic mass is 16.7. The van der Waals surface area contributed by atoms with Gasteiger partial charge in [0.15, 0.2) is 17.6 Å². The van der Waals surface area contributed by atoms with Crippen molar-refractivity contribution in [1.29, 1.82) is 0 Å². The summed E-state index contributed by atoms with van der Waals surface area (Å²) in [5.74, 6) is 1.08. The molecule has 0 saturated heterocycles. The number of fused-ring (bicyclic) bond motifs is 1. The van der Waals surface area contributed by atoms with E-state index in [1.54, 1.807) is 26.2 Å². The Kier molecular flexibility index (Phi) is 6.03. The summed E-state index contributed by atoms with van der Waals surface area (Å²) in [4.78, 5) is 24.5. The third-order valence-electron chi connectivity index (χ3n) is 4.35. The molecule has 148 valence electrons. The van der Waals surface area contributed by atoms with Crippen LogP contribution in [0.25, 0.3) is 0 Å². The van der Waals surface area contributed by atoms with Crippen LogP contribution in [0.3, 0.4) is 0 Å². The van der Waals surface area contributed by atoms with Crippen LogP contribution in [-0.4, -0.2) is 31.9 Å². The van der Waals surface area contributed by atoms with Gasteiger partial charge in [0.2, 0.25) is 6.79 Å². The maximum absolute atomic E-state index is 12.2. The molecule has 0 radical (unpaired) electrons. The molecule has 2 aromatic rings. The molecule has 0 bridgehead atoms. The molecule has 0 aromatic heterocycles. The van der Waals surface area contributed by atoms with E-state index in [0.29, 0.717) is 23.8 Å². The minimum Gasteiger partial charge on any atom is -0.496 e. The molecule has 1 amide bonds. The van der Waals surface area contributed by atoms with E-state index in [-0.39, 0.29) is 19.1 Å². The maximum atomic E-state index is 12.2. The molecule has 1 N–H and O–H groups in total. The Bertz CT molecular complexity index is 879. The number of benzene rings is 2. The molecule has 28 heavy (non-hydrogen) atoms. The third-order valence-corrected chi connectivity index (χ3v) is 4.35. The van der Waals surface area contributed by atoms with Gasteiger partial charge in [-0.3, -0.25) is 9.59 Å². The number of nitrogens with one attached hydrogen (secondary N) is 1. The zero-order valence-corrected chi connectivity index (χ0v) is 16.1.